The molecule has 0 aliphatic heterocycles. The molecule has 0 spiro atoms. The highest BCUT2D eigenvalue weighted by molar-refractivity contribution is 7.92. The number of amides is 1. The number of sulfonamides is 1. The molecule has 0 radical (unpaired) electrons. The Balaban J connectivity index is 1.63. The normalized spacial score (nSPS) is 12.0. The molecular formula is C23H24N2O5S. The van der Waals surface area contributed by atoms with E-state index in [9.17, 15) is 13.2 Å². The van der Waals surface area contributed by atoms with E-state index in [1.165, 1.54) is 31.4 Å². The first-order valence-corrected chi connectivity index (χ1v) is 11.1. The van der Waals surface area contributed by atoms with E-state index in [4.69, 9.17) is 9.47 Å². The molecule has 3 aromatic rings. The van der Waals surface area contributed by atoms with Gasteiger partial charge in [-0.05, 0) is 62.4 Å². The summed E-state index contributed by atoms with van der Waals surface area (Å²) in [5.74, 6) is 0.796. The second kappa shape index (κ2) is 9.53. The van der Waals surface area contributed by atoms with Crippen LogP contribution in [0.1, 0.15) is 12.5 Å². The van der Waals surface area contributed by atoms with Crippen molar-refractivity contribution in [3.05, 3.63) is 78.4 Å². The van der Waals surface area contributed by atoms with Gasteiger partial charge in [-0.25, -0.2) is 8.42 Å². The molecule has 0 aliphatic carbocycles. The van der Waals surface area contributed by atoms with Gasteiger partial charge < -0.3 is 14.8 Å². The van der Waals surface area contributed by atoms with Gasteiger partial charge in [0.1, 0.15) is 11.5 Å². The smallest absolute Gasteiger partial charge is 0.265 e. The molecule has 0 saturated carbocycles. The van der Waals surface area contributed by atoms with Crippen LogP contribution < -0.4 is 19.5 Å². The van der Waals surface area contributed by atoms with E-state index in [2.05, 4.69) is 10.0 Å². The molecule has 0 fully saturated rings. The van der Waals surface area contributed by atoms with E-state index in [-0.39, 0.29) is 10.8 Å². The SMILES string of the molecule is COc1cccc(NS(=O)(=O)c2ccc(NC(=O)C(C)Oc3ccc(C)cc3)cc2)c1. The van der Waals surface area contributed by atoms with Crippen molar-refractivity contribution in [1.29, 1.82) is 0 Å². The number of aryl methyl sites for hydroxylation is 1. The minimum absolute atomic E-state index is 0.0669. The molecule has 7 nitrogen and oxygen atoms in total. The molecule has 31 heavy (non-hydrogen) atoms. The maximum Gasteiger partial charge on any atom is 0.265 e. The number of methoxy groups -OCH3 is 1. The lowest BCUT2D eigenvalue weighted by Crippen LogP contribution is -2.30. The molecule has 2 N–H and O–H groups in total. The fourth-order valence-corrected chi connectivity index (χ4v) is 3.79. The molecule has 3 aromatic carbocycles. The third-order valence-corrected chi connectivity index (χ3v) is 5.85. The summed E-state index contributed by atoms with van der Waals surface area (Å²) in [5.41, 5.74) is 1.95. The Labute approximate surface area is 182 Å². The number of carbonyl (C=O) groups is 1. The Bertz CT molecular complexity index is 1140. The second-order valence-corrected chi connectivity index (χ2v) is 8.61. The van der Waals surface area contributed by atoms with Crippen molar-refractivity contribution < 1.29 is 22.7 Å². The molecule has 8 heteroatoms. The Morgan fingerprint density at radius 3 is 2.23 bits per heavy atom. The van der Waals surface area contributed by atoms with Crippen LogP contribution in [-0.4, -0.2) is 27.5 Å². The van der Waals surface area contributed by atoms with Crippen LogP contribution in [0.2, 0.25) is 0 Å². The standard InChI is InChI=1S/C23H24N2O5S/c1-16-7-11-20(12-8-16)30-17(2)23(26)24-18-9-13-22(14-10-18)31(27,28)25-19-5-4-6-21(15-19)29-3/h4-15,17,25H,1-3H3,(H,24,26). The molecule has 1 unspecified atom stereocenters. The Hall–Kier alpha value is -3.52. The van der Waals surface area contributed by atoms with Crippen LogP contribution in [0.5, 0.6) is 11.5 Å². The number of ether oxygens (including phenoxy) is 2. The number of hydrogen-bond donors (Lipinski definition) is 2. The summed E-state index contributed by atoms with van der Waals surface area (Å²) in [6.45, 7) is 3.61. The fraction of sp³-hybridized carbons (Fsp3) is 0.174. The zero-order chi connectivity index (χ0) is 22.4. The van der Waals surface area contributed by atoms with E-state index < -0.39 is 16.1 Å². The molecule has 162 valence electrons. The number of anilines is 2. The lowest BCUT2D eigenvalue weighted by molar-refractivity contribution is -0.122. The van der Waals surface area contributed by atoms with E-state index in [1.807, 2.05) is 19.1 Å². The largest absolute Gasteiger partial charge is 0.497 e. The molecule has 0 aromatic heterocycles. The highest BCUT2D eigenvalue weighted by atomic mass is 32.2. The lowest BCUT2D eigenvalue weighted by Gasteiger charge is -2.15. The van der Waals surface area contributed by atoms with Crippen LogP contribution >= 0.6 is 0 Å². The average Bonchev–Trinajstić information content (AvgIpc) is 2.75. The van der Waals surface area contributed by atoms with Gasteiger partial charge in [0.25, 0.3) is 15.9 Å². The van der Waals surface area contributed by atoms with Crippen LogP contribution in [-0.2, 0) is 14.8 Å². The maximum absolute atomic E-state index is 12.6. The third kappa shape index (κ3) is 5.99. The minimum atomic E-state index is -3.79. The van der Waals surface area contributed by atoms with E-state index in [0.717, 1.165) is 5.56 Å². The van der Waals surface area contributed by atoms with Crippen molar-refractivity contribution in [2.75, 3.05) is 17.1 Å². The number of benzene rings is 3. The van der Waals surface area contributed by atoms with Crippen molar-refractivity contribution in [1.82, 2.24) is 0 Å². The summed E-state index contributed by atoms with van der Waals surface area (Å²) >= 11 is 0. The number of nitrogens with one attached hydrogen (secondary N) is 2. The van der Waals surface area contributed by atoms with Gasteiger partial charge in [0.2, 0.25) is 0 Å². The lowest BCUT2D eigenvalue weighted by atomic mass is 10.2. The van der Waals surface area contributed by atoms with Gasteiger partial charge in [0, 0.05) is 11.8 Å². The van der Waals surface area contributed by atoms with E-state index in [1.54, 1.807) is 43.3 Å². The quantitative estimate of drug-likeness (QED) is 0.547. The van der Waals surface area contributed by atoms with Gasteiger partial charge in [-0.2, -0.15) is 0 Å². The van der Waals surface area contributed by atoms with Gasteiger partial charge in [-0.15, -0.1) is 0 Å². The fourth-order valence-electron chi connectivity index (χ4n) is 2.74. The molecule has 0 saturated heterocycles. The predicted octanol–water partition coefficient (Wildman–Crippen LogP) is 4.21. The molecular weight excluding hydrogens is 416 g/mol. The summed E-state index contributed by atoms with van der Waals surface area (Å²) in [6.07, 6.45) is -0.721. The molecule has 0 heterocycles. The summed E-state index contributed by atoms with van der Waals surface area (Å²) in [4.78, 5) is 12.5. The summed E-state index contributed by atoms with van der Waals surface area (Å²) in [6, 6.07) is 19.9. The molecule has 0 bridgehead atoms. The topological polar surface area (TPSA) is 93.7 Å². The number of hydrogen-bond acceptors (Lipinski definition) is 5. The first kappa shape index (κ1) is 22.2. The van der Waals surface area contributed by atoms with Crippen molar-refractivity contribution >= 4 is 27.3 Å². The zero-order valence-electron chi connectivity index (χ0n) is 17.5. The maximum atomic E-state index is 12.6. The molecule has 1 atom stereocenters. The first-order valence-electron chi connectivity index (χ1n) is 9.58. The molecule has 3 rings (SSSR count). The van der Waals surface area contributed by atoms with Gasteiger partial charge in [-0.1, -0.05) is 23.8 Å². The van der Waals surface area contributed by atoms with Crippen LogP contribution in [0.3, 0.4) is 0 Å². The van der Waals surface area contributed by atoms with Gasteiger partial charge in [-0.3, -0.25) is 9.52 Å². The Morgan fingerprint density at radius 1 is 0.903 bits per heavy atom. The predicted molar refractivity (Wildman–Crippen MR) is 120 cm³/mol. The summed E-state index contributed by atoms with van der Waals surface area (Å²) in [5, 5.41) is 2.72. The van der Waals surface area contributed by atoms with Gasteiger partial charge in [0.15, 0.2) is 6.10 Å². The Morgan fingerprint density at radius 2 is 1.58 bits per heavy atom. The van der Waals surface area contributed by atoms with Crippen molar-refractivity contribution in [2.24, 2.45) is 0 Å². The Kier molecular flexibility index (Phi) is 6.81. The molecule has 0 aliphatic rings. The summed E-state index contributed by atoms with van der Waals surface area (Å²) < 4.78 is 38.5. The molecule has 1 amide bonds. The van der Waals surface area contributed by atoms with Crippen molar-refractivity contribution in [3.8, 4) is 11.5 Å². The van der Waals surface area contributed by atoms with Crippen molar-refractivity contribution in [2.45, 2.75) is 24.8 Å². The summed E-state index contributed by atoms with van der Waals surface area (Å²) in [7, 11) is -2.28. The van der Waals surface area contributed by atoms with Gasteiger partial charge >= 0.3 is 0 Å². The van der Waals surface area contributed by atoms with Crippen LogP contribution in [0.25, 0.3) is 0 Å². The minimum Gasteiger partial charge on any atom is -0.497 e. The third-order valence-electron chi connectivity index (χ3n) is 4.46. The first-order chi connectivity index (χ1) is 14.8. The number of carbonyl (C=O) groups excluding carboxylic acids is 1. The monoisotopic (exact) mass is 440 g/mol. The highest BCUT2D eigenvalue weighted by Crippen LogP contribution is 2.22. The number of rotatable bonds is 8. The highest BCUT2D eigenvalue weighted by Gasteiger charge is 2.17. The van der Waals surface area contributed by atoms with Gasteiger partial charge in [0.05, 0.1) is 17.7 Å². The van der Waals surface area contributed by atoms with E-state index in [0.29, 0.717) is 22.9 Å². The average molecular weight is 441 g/mol. The van der Waals surface area contributed by atoms with E-state index >= 15 is 0 Å². The second-order valence-electron chi connectivity index (χ2n) is 6.92. The van der Waals surface area contributed by atoms with Crippen LogP contribution in [0, 0.1) is 6.92 Å². The van der Waals surface area contributed by atoms with Crippen LogP contribution in [0.15, 0.2) is 77.7 Å². The van der Waals surface area contributed by atoms with Crippen LogP contribution in [0.4, 0.5) is 11.4 Å². The van der Waals surface area contributed by atoms with Crippen molar-refractivity contribution in [3.63, 3.8) is 0 Å². The zero-order valence-corrected chi connectivity index (χ0v) is 18.3.